The summed E-state index contributed by atoms with van der Waals surface area (Å²) >= 11 is 0. The highest BCUT2D eigenvalue weighted by Crippen LogP contribution is 2.30. The first-order valence-corrected chi connectivity index (χ1v) is 14.6. The molecule has 0 radical (unpaired) electrons. The highest BCUT2D eigenvalue weighted by Gasteiger charge is 2.16. The molecule has 1 aromatic heterocycles. The number of aryl methyl sites for hydroxylation is 1. The summed E-state index contributed by atoms with van der Waals surface area (Å²) in [5, 5.41) is 10.1. The van der Waals surface area contributed by atoms with Gasteiger partial charge in [0, 0.05) is 68.6 Å². The van der Waals surface area contributed by atoms with Gasteiger partial charge in [0.05, 0.1) is 5.69 Å². The van der Waals surface area contributed by atoms with Crippen LogP contribution in [0.2, 0.25) is 0 Å². The lowest BCUT2D eigenvalue weighted by Crippen LogP contribution is -2.42. The fraction of sp³-hybridized carbons (Fsp3) is 0.314. The Balaban J connectivity index is 1.34. The second-order valence-electron chi connectivity index (χ2n) is 12.1. The zero-order chi connectivity index (χ0) is 29.9. The van der Waals surface area contributed by atoms with Gasteiger partial charge in [-0.2, -0.15) is 0 Å². The van der Waals surface area contributed by atoms with Crippen LogP contribution in [0.5, 0.6) is 0 Å². The molecule has 1 saturated heterocycles. The van der Waals surface area contributed by atoms with Crippen LogP contribution in [-0.2, 0) is 19.0 Å². The molecule has 0 unspecified atom stereocenters. The second kappa shape index (κ2) is 12.3. The third-order valence-electron chi connectivity index (χ3n) is 7.90. The van der Waals surface area contributed by atoms with Gasteiger partial charge in [0.2, 0.25) is 0 Å². The Morgan fingerprint density at radius 2 is 1.69 bits per heavy atom. The van der Waals surface area contributed by atoms with Gasteiger partial charge in [-0.15, -0.1) is 0 Å². The maximum atomic E-state index is 13.0. The van der Waals surface area contributed by atoms with Crippen molar-refractivity contribution in [3.05, 3.63) is 112 Å². The van der Waals surface area contributed by atoms with Crippen molar-refractivity contribution < 1.29 is 0 Å². The topological polar surface area (TPSA) is 74.2 Å². The van der Waals surface area contributed by atoms with Gasteiger partial charge in [0.1, 0.15) is 0 Å². The first kappa shape index (κ1) is 29.3. The Kier molecular flexibility index (Phi) is 8.61. The van der Waals surface area contributed by atoms with Crippen LogP contribution in [0, 0.1) is 6.92 Å². The molecule has 0 atom stereocenters. The minimum atomic E-state index is -0.178. The summed E-state index contributed by atoms with van der Waals surface area (Å²) in [6.45, 7) is 18.1. The molecule has 2 heterocycles. The average Bonchev–Trinajstić information content (AvgIpc) is 2.97. The number of aromatic nitrogens is 2. The zero-order valence-electron chi connectivity index (χ0n) is 25.4. The summed E-state index contributed by atoms with van der Waals surface area (Å²) in [5.74, 6) is 0.297. The van der Waals surface area contributed by atoms with Crippen molar-refractivity contribution in [2.45, 2.75) is 39.7 Å². The number of hydrogen-bond acceptors (Lipinski definition) is 6. The lowest BCUT2D eigenvalue weighted by atomic mass is 9.86. The zero-order valence-corrected chi connectivity index (χ0v) is 25.4. The molecule has 42 heavy (non-hydrogen) atoms. The third kappa shape index (κ3) is 6.81. The van der Waals surface area contributed by atoms with E-state index in [1.54, 1.807) is 17.8 Å². The van der Waals surface area contributed by atoms with E-state index in [1.807, 2.05) is 30.3 Å². The number of benzene rings is 3. The van der Waals surface area contributed by atoms with Gasteiger partial charge < -0.3 is 20.5 Å². The first-order chi connectivity index (χ1) is 20.1. The van der Waals surface area contributed by atoms with Crippen molar-refractivity contribution in [3.63, 3.8) is 0 Å². The number of rotatable bonds is 8. The molecule has 3 aromatic carbocycles. The molecule has 0 saturated carbocycles. The summed E-state index contributed by atoms with van der Waals surface area (Å²) in [6.07, 6.45) is 1.79. The van der Waals surface area contributed by atoms with Crippen LogP contribution in [0.3, 0.4) is 0 Å². The van der Waals surface area contributed by atoms with Crippen LogP contribution in [0.15, 0.2) is 84.3 Å². The fourth-order valence-electron chi connectivity index (χ4n) is 5.23. The van der Waals surface area contributed by atoms with Crippen LogP contribution >= 0.6 is 0 Å². The molecular formula is C35H42N6O. The molecule has 1 aliphatic heterocycles. The number of nitrogens with one attached hydrogen (secondary N) is 3. The van der Waals surface area contributed by atoms with Crippen LogP contribution < -0.4 is 21.5 Å². The maximum Gasteiger partial charge on any atom is 0.293 e. The van der Waals surface area contributed by atoms with E-state index in [-0.39, 0.29) is 11.0 Å². The molecule has 3 N–H and O–H groups in total. The van der Waals surface area contributed by atoms with Gasteiger partial charge in [-0.05, 0) is 52.8 Å². The highest BCUT2D eigenvalue weighted by atomic mass is 16.1. The van der Waals surface area contributed by atoms with Gasteiger partial charge in [-0.3, -0.25) is 9.69 Å². The molecule has 218 valence electrons. The molecule has 4 aromatic rings. The molecular weight excluding hydrogens is 520 g/mol. The Morgan fingerprint density at radius 1 is 1.00 bits per heavy atom. The SMILES string of the molecule is C=C(Nc1cccc(-c2cn(C)c(=O)c(Nc3ccc(CN4CCNCC4)cc3)n2)c1C)c1ccc(C(C)(C)C)cc1. The third-order valence-corrected chi connectivity index (χ3v) is 7.90. The summed E-state index contributed by atoms with van der Waals surface area (Å²) in [6, 6.07) is 22.9. The van der Waals surface area contributed by atoms with Crippen LogP contribution in [0.25, 0.3) is 17.0 Å². The Hall–Kier alpha value is -4.20. The fourth-order valence-corrected chi connectivity index (χ4v) is 5.23. The number of nitrogens with zero attached hydrogens (tertiary/aromatic N) is 3. The molecule has 1 aliphatic rings. The van der Waals surface area contributed by atoms with Gasteiger partial charge in [-0.25, -0.2) is 4.98 Å². The predicted octanol–water partition coefficient (Wildman–Crippen LogP) is 6.28. The van der Waals surface area contributed by atoms with E-state index >= 15 is 0 Å². The summed E-state index contributed by atoms with van der Waals surface area (Å²) in [5.41, 5.74) is 8.80. The Bertz CT molecular complexity index is 1610. The minimum absolute atomic E-state index is 0.100. The molecule has 0 amide bonds. The molecule has 0 aliphatic carbocycles. The monoisotopic (exact) mass is 562 g/mol. The van der Waals surface area contributed by atoms with E-state index in [9.17, 15) is 4.79 Å². The molecule has 0 bridgehead atoms. The van der Waals surface area contributed by atoms with Crippen LogP contribution in [-0.4, -0.2) is 40.6 Å². The van der Waals surface area contributed by atoms with E-state index < -0.39 is 0 Å². The van der Waals surface area contributed by atoms with Gasteiger partial charge in [0.15, 0.2) is 5.82 Å². The molecule has 0 spiro atoms. The van der Waals surface area contributed by atoms with Crippen LogP contribution in [0.1, 0.15) is 43.0 Å². The minimum Gasteiger partial charge on any atom is -0.355 e. The average molecular weight is 563 g/mol. The van der Waals surface area contributed by atoms with Crippen molar-refractivity contribution in [3.8, 4) is 11.3 Å². The van der Waals surface area contributed by atoms with Crippen LogP contribution in [0.4, 0.5) is 17.2 Å². The molecule has 7 heteroatoms. The quantitative estimate of drug-likeness (QED) is 0.235. The number of anilines is 3. The number of piperazine rings is 1. The maximum absolute atomic E-state index is 13.0. The largest absolute Gasteiger partial charge is 0.355 e. The van der Waals surface area contributed by atoms with Crippen molar-refractivity contribution in [2.75, 3.05) is 36.8 Å². The number of hydrogen-bond donors (Lipinski definition) is 3. The second-order valence-corrected chi connectivity index (χ2v) is 12.1. The van der Waals surface area contributed by atoms with Crippen molar-refractivity contribution in [1.29, 1.82) is 0 Å². The smallest absolute Gasteiger partial charge is 0.293 e. The van der Waals surface area contributed by atoms with Crippen molar-refractivity contribution in [2.24, 2.45) is 7.05 Å². The predicted molar refractivity (Wildman–Crippen MR) is 175 cm³/mol. The van der Waals surface area contributed by atoms with E-state index in [0.29, 0.717) is 5.82 Å². The molecule has 5 rings (SSSR count). The summed E-state index contributed by atoms with van der Waals surface area (Å²) < 4.78 is 1.58. The molecule has 1 fully saturated rings. The molecule has 7 nitrogen and oxygen atoms in total. The van der Waals surface area contributed by atoms with Gasteiger partial charge in [0.25, 0.3) is 5.56 Å². The van der Waals surface area contributed by atoms with Gasteiger partial charge in [-0.1, -0.05) is 75.9 Å². The first-order valence-electron chi connectivity index (χ1n) is 14.6. The Morgan fingerprint density at radius 3 is 2.36 bits per heavy atom. The standard InChI is InChI=1S/C35H42N6O/c1-24-30(8-7-9-31(24)37-25(2)27-12-14-28(15-13-27)35(3,4)5)32-23-40(6)34(42)33(39-32)38-29-16-10-26(11-17-29)22-41-20-18-36-19-21-41/h7-17,23,36-37H,2,18-22H2,1,3-6H3,(H,38,39). The van der Waals surface area contributed by atoms with Gasteiger partial charge >= 0.3 is 0 Å². The van der Waals surface area contributed by atoms with Crippen molar-refractivity contribution >= 4 is 22.9 Å². The lowest BCUT2D eigenvalue weighted by molar-refractivity contribution is 0.233. The normalized spacial score (nSPS) is 14.0. The highest BCUT2D eigenvalue weighted by molar-refractivity contribution is 5.80. The van der Waals surface area contributed by atoms with E-state index in [4.69, 9.17) is 4.98 Å². The lowest BCUT2D eigenvalue weighted by Gasteiger charge is -2.27. The van der Waals surface area contributed by atoms with E-state index in [0.717, 1.165) is 72.2 Å². The van der Waals surface area contributed by atoms with Crippen molar-refractivity contribution in [1.82, 2.24) is 19.8 Å². The van der Waals surface area contributed by atoms with E-state index in [1.165, 1.54) is 11.1 Å². The summed E-state index contributed by atoms with van der Waals surface area (Å²) in [7, 11) is 1.76. The summed E-state index contributed by atoms with van der Waals surface area (Å²) in [4.78, 5) is 20.3. The Labute approximate surface area is 249 Å². The van der Waals surface area contributed by atoms with E-state index in [2.05, 4.69) is 91.5 Å².